The Balaban J connectivity index is 0.00000119. The van der Waals surface area contributed by atoms with E-state index in [1.54, 1.807) is 0 Å². The van der Waals surface area contributed by atoms with Gasteiger partial charge in [-0.25, -0.2) is 4.79 Å². The van der Waals surface area contributed by atoms with Crippen LogP contribution in [0.1, 0.15) is 6.92 Å². The minimum absolute atomic E-state index is 0.145. The summed E-state index contributed by atoms with van der Waals surface area (Å²) in [5, 5.41) is 21.6. The van der Waals surface area contributed by atoms with Gasteiger partial charge in [-0.1, -0.05) is 0 Å². The van der Waals surface area contributed by atoms with Crippen molar-refractivity contribution in [1.29, 1.82) is 0 Å². The Hall–Kier alpha value is -1.81. The molecular formula is C13H24N2O11S. The highest BCUT2D eigenvalue weighted by Gasteiger charge is 2.43. The van der Waals surface area contributed by atoms with Crippen LogP contribution in [0.25, 0.3) is 0 Å². The lowest BCUT2D eigenvalue weighted by molar-refractivity contribution is -0.151. The number of amides is 1. The van der Waals surface area contributed by atoms with Crippen molar-refractivity contribution in [2.45, 2.75) is 37.3 Å². The fourth-order valence-electron chi connectivity index (χ4n) is 2.27. The Morgan fingerprint density at radius 1 is 1.37 bits per heavy atom. The third-order valence-electron chi connectivity index (χ3n) is 3.29. The molecule has 27 heavy (non-hydrogen) atoms. The molecular weight excluding hydrogens is 392 g/mol. The SMILES string of the molecule is COC(=O)C1=C[C@H](N)[C@@H](NC(C)=O)[C@H]([C@H](OC)[C@H](O)CO)O1.O=S(=O)(O)O. The maximum Gasteiger partial charge on any atom is 0.394 e. The maximum atomic E-state index is 11.6. The molecule has 1 aliphatic rings. The van der Waals surface area contributed by atoms with Crippen molar-refractivity contribution in [3.8, 4) is 0 Å². The van der Waals surface area contributed by atoms with Crippen LogP contribution in [-0.2, 0) is 34.2 Å². The standard InChI is InChI=1S/C13H22N2O7.H2O4S/c1-6(17)15-10-7(14)4-9(13(19)21-3)22-12(10)11(20-2)8(18)5-16;1-5(2,3)4/h4,7-8,10-12,16,18H,5,14H2,1-3H3,(H,15,17);(H2,1,2,3,4)/t7-,8+,10+,11+,12+;/m0./s1. The van der Waals surface area contributed by atoms with Crippen LogP contribution in [0.5, 0.6) is 0 Å². The first kappa shape index (κ1) is 25.2. The average Bonchev–Trinajstić information content (AvgIpc) is 2.55. The van der Waals surface area contributed by atoms with Gasteiger partial charge in [-0.3, -0.25) is 13.9 Å². The quantitative estimate of drug-likeness (QED) is 0.188. The van der Waals surface area contributed by atoms with E-state index in [0.29, 0.717) is 0 Å². The molecule has 0 radical (unpaired) electrons. The number of hydrogen-bond acceptors (Lipinski definition) is 10. The van der Waals surface area contributed by atoms with E-state index in [1.807, 2.05) is 0 Å². The maximum absolute atomic E-state index is 11.6. The van der Waals surface area contributed by atoms with Gasteiger partial charge in [0.1, 0.15) is 18.3 Å². The fraction of sp³-hybridized carbons (Fsp3) is 0.692. The topological polar surface area (TPSA) is 215 Å². The summed E-state index contributed by atoms with van der Waals surface area (Å²) >= 11 is 0. The van der Waals surface area contributed by atoms with E-state index in [4.69, 9.17) is 37.8 Å². The molecule has 158 valence electrons. The number of carbonyl (C=O) groups is 2. The molecule has 0 spiro atoms. The number of aliphatic hydroxyl groups excluding tert-OH is 2. The van der Waals surface area contributed by atoms with Crippen LogP contribution < -0.4 is 11.1 Å². The van der Waals surface area contributed by atoms with Crippen molar-refractivity contribution in [2.75, 3.05) is 20.8 Å². The molecule has 1 rings (SSSR count). The number of aliphatic hydroxyl groups is 2. The molecule has 0 bridgehead atoms. The lowest BCUT2D eigenvalue weighted by Crippen LogP contribution is -2.62. The van der Waals surface area contributed by atoms with Crippen LogP contribution in [0.4, 0.5) is 0 Å². The Morgan fingerprint density at radius 2 is 1.89 bits per heavy atom. The second-order valence-electron chi connectivity index (χ2n) is 5.31. The lowest BCUT2D eigenvalue weighted by Gasteiger charge is -2.40. The van der Waals surface area contributed by atoms with Gasteiger partial charge in [-0.05, 0) is 6.08 Å². The van der Waals surface area contributed by atoms with Crippen molar-refractivity contribution in [1.82, 2.24) is 5.32 Å². The molecule has 0 fully saturated rings. The zero-order valence-corrected chi connectivity index (χ0v) is 15.6. The highest BCUT2D eigenvalue weighted by atomic mass is 32.3. The third-order valence-corrected chi connectivity index (χ3v) is 3.29. The number of nitrogens with two attached hydrogens (primary N) is 1. The largest absolute Gasteiger partial charge is 0.478 e. The van der Waals surface area contributed by atoms with Gasteiger partial charge in [0.2, 0.25) is 11.7 Å². The van der Waals surface area contributed by atoms with Crippen LogP contribution >= 0.6 is 0 Å². The normalized spacial score (nSPS) is 24.3. The molecule has 1 heterocycles. The van der Waals surface area contributed by atoms with Crippen molar-refractivity contribution in [2.24, 2.45) is 5.73 Å². The van der Waals surface area contributed by atoms with Crippen LogP contribution in [0.2, 0.25) is 0 Å². The molecule has 0 saturated carbocycles. The molecule has 13 nitrogen and oxygen atoms in total. The predicted molar refractivity (Wildman–Crippen MR) is 88.6 cm³/mol. The van der Waals surface area contributed by atoms with E-state index < -0.39 is 53.4 Å². The summed E-state index contributed by atoms with van der Waals surface area (Å²) in [5.41, 5.74) is 5.96. The van der Waals surface area contributed by atoms with Gasteiger partial charge in [0.25, 0.3) is 0 Å². The summed E-state index contributed by atoms with van der Waals surface area (Å²) in [7, 11) is -2.18. The van der Waals surface area contributed by atoms with Crippen molar-refractivity contribution < 1.29 is 51.5 Å². The van der Waals surface area contributed by atoms with Gasteiger partial charge >= 0.3 is 16.4 Å². The first-order valence-electron chi connectivity index (χ1n) is 7.36. The number of esters is 1. The first-order valence-corrected chi connectivity index (χ1v) is 8.76. The number of ether oxygens (including phenoxy) is 3. The van der Waals surface area contributed by atoms with Crippen molar-refractivity contribution in [3.63, 3.8) is 0 Å². The molecule has 0 aromatic carbocycles. The van der Waals surface area contributed by atoms with Gasteiger partial charge in [0.05, 0.1) is 25.8 Å². The summed E-state index contributed by atoms with van der Waals surface area (Å²) in [6.07, 6.45) is -1.96. The number of nitrogens with one attached hydrogen (secondary N) is 1. The van der Waals surface area contributed by atoms with Crippen LogP contribution in [-0.4, -0.2) is 90.8 Å². The van der Waals surface area contributed by atoms with Crippen LogP contribution in [0.15, 0.2) is 11.8 Å². The Labute approximate surface area is 155 Å². The Bertz CT molecular complexity index is 628. The van der Waals surface area contributed by atoms with E-state index in [9.17, 15) is 14.7 Å². The smallest absolute Gasteiger partial charge is 0.394 e. The molecule has 0 aromatic rings. The minimum atomic E-state index is -4.67. The van der Waals surface area contributed by atoms with Gasteiger partial charge in [-0.15, -0.1) is 0 Å². The molecule has 14 heteroatoms. The minimum Gasteiger partial charge on any atom is -0.478 e. The van der Waals surface area contributed by atoms with E-state index in [2.05, 4.69) is 10.1 Å². The highest BCUT2D eigenvalue weighted by molar-refractivity contribution is 7.79. The zero-order valence-electron chi connectivity index (χ0n) is 14.8. The molecule has 0 aromatic heterocycles. The summed E-state index contributed by atoms with van der Waals surface area (Å²) in [6.45, 7) is 0.714. The number of hydrogen-bond donors (Lipinski definition) is 6. The Kier molecular flexibility index (Phi) is 10.4. The Morgan fingerprint density at radius 3 is 2.26 bits per heavy atom. The molecule has 0 aliphatic carbocycles. The van der Waals surface area contributed by atoms with Gasteiger partial charge < -0.3 is 35.5 Å². The van der Waals surface area contributed by atoms with Crippen LogP contribution in [0.3, 0.4) is 0 Å². The molecule has 0 saturated heterocycles. The molecule has 1 aliphatic heterocycles. The summed E-state index contributed by atoms with van der Waals surface area (Å²) in [6, 6.07) is -1.52. The van der Waals surface area contributed by atoms with Gasteiger partial charge in [-0.2, -0.15) is 8.42 Å². The molecule has 7 N–H and O–H groups in total. The monoisotopic (exact) mass is 416 g/mol. The fourth-order valence-corrected chi connectivity index (χ4v) is 2.27. The van der Waals surface area contributed by atoms with E-state index in [0.717, 1.165) is 0 Å². The average molecular weight is 416 g/mol. The van der Waals surface area contributed by atoms with Crippen molar-refractivity contribution in [3.05, 3.63) is 11.8 Å². The number of carbonyl (C=O) groups excluding carboxylic acids is 2. The highest BCUT2D eigenvalue weighted by Crippen LogP contribution is 2.24. The number of methoxy groups -OCH3 is 2. The lowest BCUT2D eigenvalue weighted by atomic mass is 9.92. The second-order valence-corrected chi connectivity index (χ2v) is 6.20. The van der Waals surface area contributed by atoms with E-state index in [-0.39, 0.29) is 11.7 Å². The molecule has 0 unspecified atom stereocenters. The number of rotatable bonds is 6. The third kappa shape index (κ3) is 9.09. The first-order chi connectivity index (χ1) is 12.3. The van der Waals surface area contributed by atoms with E-state index >= 15 is 0 Å². The van der Waals surface area contributed by atoms with E-state index in [1.165, 1.54) is 27.2 Å². The predicted octanol–water partition coefficient (Wildman–Crippen LogP) is -3.01. The summed E-state index contributed by atoms with van der Waals surface area (Å²) in [4.78, 5) is 23.0. The van der Waals surface area contributed by atoms with Gasteiger partial charge in [0.15, 0.2) is 0 Å². The van der Waals surface area contributed by atoms with Crippen LogP contribution in [0, 0.1) is 0 Å². The molecule has 1 amide bonds. The molecule has 5 atom stereocenters. The van der Waals surface area contributed by atoms with Crippen molar-refractivity contribution >= 4 is 22.3 Å². The summed E-state index contributed by atoms with van der Waals surface area (Å²) in [5.74, 6) is -1.25. The zero-order chi connectivity index (χ0) is 21.4. The summed E-state index contributed by atoms with van der Waals surface area (Å²) < 4.78 is 46.8. The van der Waals surface area contributed by atoms with Gasteiger partial charge in [0, 0.05) is 14.0 Å². The second kappa shape index (κ2) is 11.1.